The third-order valence-corrected chi connectivity index (χ3v) is 27.2. The predicted molar refractivity (Wildman–Crippen MR) is 525 cm³/mol. The summed E-state index contributed by atoms with van der Waals surface area (Å²) in [4.78, 5) is 4.81. The van der Waals surface area contributed by atoms with Gasteiger partial charge in [-0.15, -0.1) is 0 Å². The molecule has 0 unspecified atom stereocenters. The maximum atomic E-state index is 6.28. The van der Waals surface area contributed by atoms with Crippen molar-refractivity contribution >= 4 is 88.8 Å². The minimum atomic E-state index is -0.185. The highest BCUT2D eigenvalue weighted by atomic mass is 16.3. The Labute approximate surface area is 729 Å². The van der Waals surface area contributed by atoms with Crippen LogP contribution in [0.15, 0.2) is 433 Å². The van der Waals surface area contributed by atoms with Gasteiger partial charge in [0.25, 0.3) is 0 Å². The fourth-order valence-electron chi connectivity index (χ4n) is 20.5. The first-order chi connectivity index (χ1) is 61.2. The molecule has 0 N–H and O–H groups in total. The van der Waals surface area contributed by atoms with Crippen LogP contribution in [0.4, 0.5) is 34.1 Å². The Hall–Kier alpha value is -15.4. The standard InChI is InChI=1S/C61H43NO.C60H45NO/c1-61(2)57-37-45(40-12-4-3-5-13-40)26-33-53(57)54-35-32-50(39-58(54)61)62(49-30-24-42(25-31-49)46-27-34-56-55-19-8-9-21-59(55)63-60(56)38-46)48-28-22-41(23-29-48)44-16-10-17-47(36-44)52-20-11-15-43-14-6-7-18-51(43)52;1-59(2)53-16-10-8-14-47(53)48-30-23-42(35-54(48)59)39-18-25-44(26-19-39)61(45-27-20-40(21-28-45)43-24-32-52-51-15-9-11-17-57(51)62-58(52)36-43)46-29-33-50-49-31-22-41(38-12-6-5-7-13-38)34-55(49)60(3,4)56(50)37-46/h3-39H,1-2H3;5-37H,1-4H3. The Bertz CT molecular complexity index is 7830. The molecule has 0 saturated carbocycles. The summed E-state index contributed by atoms with van der Waals surface area (Å²) in [5, 5.41) is 7.09. The molecule has 21 aromatic rings. The SMILES string of the molecule is CC1(C)c2cc(-c3ccccc3)ccc2-c2ccc(N(c3ccc(-c4cccc(-c5cccc6ccccc56)c4)cc3)c3ccc(-c4ccc5c(c4)oc4ccccc45)cc3)cc21.CC1(C)c2ccccc2-c2ccc(-c3ccc(N(c4ccc(-c5ccc6c(c5)oc5ccccc56)cc4)c4ccc5c(c4)C(C)(C)c4cc(-c6ccccc6)ccc4-5)cc3)cc21. The highest BCUT2D eigenvalue weighted by Crippen LogP contribution is 2.56. The monoisotopic (exact) mass is 1600 g/mol. The molecule has 4 nitrogen and oxygen atoms in total. The molecule has 0 fully saturated rings. The third kappa shape index (κ3) is 12.7. The summed E-state index contributed by atoms with van der Waals surface area (Å²) in [7, 11) is 0. The number of furan rings is 2. The van der Waals surface area contributed by atoms with Crippen LogP contribution < -0.4 is 9.80 Å². The first kappa shape index (κ1) is 74.7. The number of benzene rings is 19. The molecule has 0 atom stereocenters. The van der Waals surface area contributed by atoms with E-state index in [0.717, 1.165) is 100 Å². The van der Waals surface area contributed by atoms with Gasteiger partial charge in [0.1, 0.15) is 22.3 Å². The van der Waals surface area contributed by atoms with Crippen molar-refractivity contribution in [2.24, 2.45) is 0 Å². The van der Waals surface area contributed by atoms with Crippen molar-refractivity contribution in [2.75, 3.05) is 9.80 Å². The van der Waals surface area contributed by atoms with E-state index >= 15 is 0 Å². The molecule has 0 amide bonds. The lowest BCUT2D eigenvalue weighted by molar-refractivity contribution is 0.660. The largest absolute Gasteiger partial charge is 0.456 e. The number of rotatable bonds is 13. The zero-order valence-corrected chi connectivity index (χ0v) is 70.6. The van der Waals surface area contributed by atoms with Crippen molar-refractivity contribution in [3.05, 3.63) is 458 Å². The number of fused-ring (bicyclic) bond motifs is 16. The molecule has 2 heterocycles. The predicted octanol–water partition coefficient (Wildman–Crippen LogP) is 33.9. The van der Waals surface area contributed by atoms with E-state index in [1.165, 1.54) is 133 Å². The van der Waals surface area contributed by atoms with Crippen molar-refractivity contribution in [3.63, 3.8) is 0 Å². The van der Waals surface area contributed by atoms with Crippen LogP contribution in [-0.2, 0) is 16.2 Å². The molecule has 24 rings (SSSR count). The molecule has 594 valence electrons. The maximum Gasteiger partial charge on any atom is 0.136 e. The Morgan fingerprint density at radius 1 is 0.160 bits per heavy atom. The van der Waals surface area contributed by atoms with Crippen LogP contribution in [0, 0.1) is 0 Å². The lowest BCUT2D eigenvalue weighted by Crippen LogP contribution is -2.16. The van der Waals surface area contributed by atoms with Crippen LogP contribution in [0.2, 0.25) is 0 Å². The maximum absolute atomic E-state index is 6.28. The van der Waals surface area contributed by atoms with Gasteiger partial charge in [-0.2, -0.15) is 0 Å². The quantitative estimate of drug-likeness (QED) is 0.115. The van der Waals surface area contributed by atoms with E-state index in [0.29, 0.717) is 0 Å². The summed E-state index contributed by atoms with van der Waals surface area (Å²) in [5.41, 5.74) is 42.8. The highest BCUT2D eigenvalue weighted by molar-refractivity contribution is 6.08. The van der Waals surface area contributed by atoms with E-state index in [1.807, 2.05) is 24.3 Å². The van der Waals surface area contributed by atoms with Gasteiger partial charge in [0, 0.05) is 71.9 Å². The first-order valence-corrected chi connectivity index (χ1v) is 43.6. The average Bonchev–Trinajstić information content (AvgIpc) is 1.59. The second kappa shape index (κ2) is 29.5. The topological polar surface area (TPSA) is 32.8 Å². The van der Waals surface area contributed by atoms with E-state index in [-0.39, 0.29) is 16.2 Å². The Morgan fingerprint density at radius 2 is 0.432 bits per heavy atom. The van der Waals surface area contributed by atoms with Crippen LogP contribution in [0.5, 0.6) is 0 Å². The molecule has 0 radical (unpaired) electrons. The number of anilines is 6. The average molecular weight is 1600 g/mol. The molecule has 3 aliphatic rings. The van der Waals surface area contributed by atoms with E-state index in [2.05, 4.69) is 452 Å². The van der Waals surface area contributed by atoms with Gasteiger partial charge in [0.05, 0.1) is 0 Å². The summed E-state index contributed by atoms with van der Waals surface area (Å²) in [6, 6.07) is 155. The van der Waals surface area contributed by atoms with Crippen molar-refractivity contribution in [1.29, 1.82) is 0 Å². The number of para-hydroxylation sites is 2. The van der Waals surface area contributed by atoms with Gasteiger partial charge in [-0.1, -0.05) is 333 Å². The van der Waals surface area contributed by atoms with Crippen molar-refractivity contribution in [3.8, 4) is 111 Å². The number of nitrogens with zero attached hydrogens (tertiary/aromatic N) is 2. The van der Waals surface area contributed by atoms with Crippen molar-refractivity contribution < 1.29 is 8.83 Å². The van der Waals surface area contributed by atoms with Gasteiger partial charge in [-0.05, 0) is 289 Å². The Balaban J connectivity index is 0.000000144. The highest BCUT2D eigenvalue weighted by Gasteiger charge is 2.40. The summed E-state index contributed by atoms with van der Waals surface area (Å²) in [5.74, 6) is 0. The molecule has 0 aliphatic heterocycles. The van der Waals surface area contributed by atoms with Gasteiger partial charge in [0.15, 0.2) is 0 Å². The summed E-state index contributed by atoms with van der Waals surface area (Å²) in [6.45, 7) is 14.2. The van der Waals surface area contributed by atoms with Crippen molar-refractivity contribution in [1.82, 2.24) is 0 Å². The fourth-order valence-corrected chi connectivity index (χ4v) is 20.5. The summed E-state index contributed by atoms with van der Waals surface area (Å²) >= 11 is 0. The molecule has 125 heavy (non-hydrogen) atoms. The van der Waals surface area contributed by atoms with Crippen LogP contribution in [0.3, 0.4) is 0 Å². The summed E-state index contributed by atoms with van der Waals surface area (Å²) < 4.78 is 12.6. The second-order valence-corrected chi connectivity index (χ2v) is 35.5. The zero-order valence-electron chi connectivity index (χ0n) is 70.6. The minimum absolute atomic E-state index is 0.0488. The molecule has 0 bridgehead atoms. The van der Waals surface area contributed by atoms with Crippen LogP contribution >= 0.6 is 0 Å². The second-order valence-electron chi connectivity index (χ2n) is 35.5. The van der Waals surface area contributed by atoms with Crippen molar-refractivity contribution in [2.45, 2.75) is 57.8 Å². The normalized spacial score (nSPS) is 13.4. The molecule has 0 saturated heterocycles. The lowest BCUT2D eigenvalue weighted by atomic mass is 9.81. The molecular formula is C121H88N2O2. The summed E-state index contributed by atoms with van der Waals surface area (Å²) in [6.07, 6.45) is 0. The zero-order chi connectivity index (χ0) is 83.8. The Morgan fingerprint density at radius 3 is 0.880 bits per heavy atom. The minimum Gasteiger partial charge on any atom is -0.456 e. The van der Waals surface area contributed by atoms with E-state index in [4.69, 9.17) is 8.83 Å². The van der Waals surface area contributed by atoms with Gasteiger partial charge in [-0.3, -0.25) is 0 Å². The fraction of sp³-hybridized carbons (Fsp3) is 0.0744. The van der Waals surface area contributed by atoms with Crippen LogP contribution in [0.1, 0.15) is 74.9 Å². The smallest absolute Gasteiger partial charge is 0.136 e. The van der Waals surface area contributed by atoms with E-state index in [9.17, 15) is 0 Å². The first-order valence-electron chi connectivity index (χ1n) is 43.6. The molecule has 3 aliphatic carbocycles. The third-order valence-electron chi connectivity index (χ3n) is 27.2. The molecule has 19 aromatic carbocycles. The van der Waals surface area contributed by atoms with E-state index < -0.39 is 0 Å². The van der Waals surface area contributed by atoms with Crippen LogP contribution in [-0.4, -0.2) is 0 Å². The lowest BCUT2D eigenvalue weighted by Gasteiger charge is -2.28. The van der Waals surface area contributed by atoms with E-state index in [1.54, 1.807) is 0 Å². The van der Waals surface area contributed by atoms with Gasteiger partial charge in [0.2, 0.25) is 0 Å². The number of hydrogen-bond acceptors (Lipinski definition) is 4. The van der Waals surface area contributed by atoms with Gasteiger partial charge in [-0.25, -0.2) is 0 Å². The molecule has 0 spiro atoms. The number of hydrogen-bond donors (Lipinski definition) is 0. The Kier molecular flexibility index (Phi) is 17.6. The molecular weight excluding hydrogens is 1510 g/mol. The van der Waals surface area contributed by atoms with Gasteiger partial charge < -0.3 is 18.6 Å². The van der Waals surface area contributed by atoms with Gasteiger partial charge >= 0.3 is 0 Å². The molecule has 4 heteroatoms. The van der Waals surface area contributed by atoms with Crippen LogP contribution in [0.25, 0.3) is 166 Å². The molecule has 2 aromatic heterocycles.